The summed E-state index contributed by atoms with van der Waals surface area (Å²) in [5.74, 6) is 0. The van der Waals surface area contributed by atoms with Gasteiger partial charge in [-0.15, -0.1) is 0 Å². The third-order valence-electron chi connectivity index (χ3n) is 4.22. The molecule has 0 spiro atoms. The molecule has 0 amide bonds. The minimum absolute atomic E-state index is 0.0947. The lowest BCUT2D eigenvalue weighted by atomic mass is 10.1. The first-order valence-electron chi connectivity index (χ1n) is 9.05. The molecular formula is C18H34O5. The highest BCUT2D eigenvalue weighted by atomic mass is 16.6. The molecule has 0 aliphatic carbocycles. The second-order valence-electron chi connectivity index (χ2n) is 6.26. The summed E-state index contributed by atoms with van der Waals surface area (Å²) in [6.07, 6.45) is 10.7. The first kappa shape index (κ1) is 20.6. The van der Waals surface area contributed by atoms with Gasteiger partial charge in [-0.05, 0) is 25.7 Å². The third-order valence-corrected chi connectivity index (χ3v) is 4.22. The molecule has 0 aromatic heterocycles. The van der Waals surface area contributed by atoms with E-state index in [1.54, 1.807) is 0 Å². The molecule has 136 valence electrons. The van der Waals surface area contributed by atoms with Crippen LogP contribution < -0.4 is 0 Å². The molecule has 0 aromatic carbocycles. The van der Waals surface area contributed by atoms with Crippen LogP contribution in [0.25, 0.3) is 0 Å². The van der Waals surface area contributed by atoms with Gasteiger partial charge in [0, 0.05) is 6.61 Å². The van der Waals surface area contributed by atoms with Gasteiger partial charge in [-0.3, -0.25) is 0 Å². The van der Waals surface area contributed by atoms with Crippen LogP contribution in [-0.2, 0) is 9.47 Å². The summed E-state index contributed by atoms with van der Waals surface area (Å²) in [4.78, 5) is 0. The quantitative estimate of drug-likeness (QED) is 0.356. The third kappa shape index (κ3) is 8.27. The van der Waals surface area contributed by atoms with Crippen LogP contribution >= 0.6 is 0 Å². The molecule has 0 saturated carbocycles. The zero-order chi connectivity index (χ0) is 16.9. The van der Waals surface area contributed by atoms with Crippen molar-refractivity contribution in [1.82, 2.24) is 0 Å². The molecule has 1 aliphatic rings. The van der Waals surface area contributed by atoms with Gasteiger partial charge < -0.3 is 24.8 Å². The van der Waals surface area contributed by atoms with Gasteiger partial charge in [0.15, 0.2) is 0 Å². The van der Waals surface area contributed by atoms with Crippen LogP contribution in [0.5, 0.6) is 0 Å². The van der Waals surface area contributed by atoms with Gasteiger partial charge in [0.05, 0.1) is 13.2 Å². The Morgan fingerprint density at radius 1 is 1.09 bits per heavy atom. The van der Waals surface area contributed by atoms with E-state index in [1.165, 1.54) is 32.1 Å². The van der Waals surface area contributed by atoms with Crippen LogP contribution in [0.2, 0.25) is 0 Å². The van der Waals surface area contributed by atoms with Crippen molar-refractivity contribution in [2.75, 3.05) is 19.8 Å². The van der Waals surface area contributed by atoms with Crippen LogP contribution in [-0.4, -0.2) is 59.6 Å². The predicted molar refractivity (Wildman–Crippen MR) is 90.3 cm³/mol. The molecule has 0 bridgehead atoms. The van der Waals surface area contributed by atoms with Crippen LogP contribution in [0, 0.1) is 0 Å². The van der Waals surface area contributed by atoms with Gasteiger partial charge in [-0.25, -0.2) is 0 Å². The number of allylic oxidation sites excluding steroid dienone is 2. The number of rotatable bonds is 13. The number of hydrogen-bond acceptors (Lipinski definition) is 5. The molecule has 0 unspecified atom stereocenters. The number of aliphatic hydroxyl groups excluding tert-OH is 3. The van der Waals surface area contributed by atoms with E-state index in [1.807, 2.05) is 0 Å². The molecule has 5 heteroatoms. The molecule has 1 rings (SSSR count). The zero-order valence-corrected chi connectivity index (χ0v) is 14.4. The van der Waals surface area contributed by atoms with Crippen LogP contribution in [0.4, 0.5) is 0 Å². The smallest absolute Gasteiger partial charge is 0.114 e. The molecule has 4 atom stereocenters. The fourth-order valence-corrected chi connectivity index (χ4v) is 2.71. The number of aliphatic hydroxyl groups is 3. The maximum Gasteiger partial charge on any atom is 0.114 e. The molecule has 23 heavy (non-hydrogen) atoms. The predicted octanol–water partition coefficient (Wildman–Crippen LogP) is 2.18. The van der Waals surface area contributed by atoms with Gasteiger partial charge in [0.1, 0.15) is 24.4 Å². The van der Waals surface area contributed by atoms with E-state index < -0.39 is 24.4 Å². The Hall–Kier alpha value is -0.460. The average molecular weight is 330 g/mol. The summed E-state index contributed by atoms with van der Waals surface area (Å²) >= 11 is 0. The van der Waals surface area contributed by atoms with Gasteiger partial charge in [0.25, 0.3) is 0 Å². The second-order valence-corrected chi connectivity index (χ2v) is 6.26. The zero-order valence-electron chi connectivity index (χ0n) is 14.4. The highest BCUT2D eigenvalue weighted by Crippen LogP contribution is 2.19. The topological polar surface area (TPSA) is 79.2 Å². The first-order valence-corrected chi connectivity index (χ1v) is 9.05. The Morgan fingerprint density at radius 3 is 2.39 bits per heavy atom. The summed E-state index contributed by atoms with van der Waals surface area (Å²) in [5.41, 5.74) is 0. The summed E-state index contributed by atoms with van der Waals surface area (Å²) in [7, 11) is 0. The van der Waals surface area contributed by atoms with Gasteiger partial charge >= 0.3 is 0 Å². The number of unbranched alkanes of at least 4 members (excludes halogenated alkanes) is 6. The minimum atomic E-state index is -0.980. The molecular weight excluding hydrogens is 296 g/mol. The fraction of sp³-hybridized carbons (Fsp3) is 0.889. The molecule has 1 saturated heterocycles. The molecule has 3 N–H and O–H groups in total. The monoisotopic (exact) mass is 330 g/mol. The van der Waals surface area contributed by atoms with Crippen molar-refractivity contribution in [2.45, 2.75) is 82.7 Å². The number of ether oxygens (including phenoxy) is 2. The van der Waals surface area contributed by atoms with Crippen molar-refractivity contribution in [3.8, 4) is 0 Å². The average Bonchev–Trinajstić information content (AvgIpc) is 2.88. The normalized spacial score (nSPS) is 26.2. The molecule has 1 fully saturated rings. The van der Waals surface area contributed by atoms with Crippen molar-refractivity contribution >= 4 is 0 Å². The molecule has 5 nitrogen and oxygen atoms in total. The summed E-state index contributed by atoms with van der Waals surface area (Å²) in [5, 5.41) is 28.6. The first-order chi connectivity index (χ1) is 11.2. The standard InChI is InChI=1S/C18H34O5/c1-2-3-4-5-6-7-8-9-10-11-12-22-16(13-19)18-17(21)15(20)14-23-18/h5-6,15-21H,2-4,7-14H2,1H3/b6-5+/t15-,16+,17+,18+/m0/s1. The SMILES string of the molecule is CCCC/C=C/CCCCCCO[C@H](CO)[C@H]1OC[C@H](O)[C@H]1O. The van der Waals surface area contributed by atoms with Gasteiger partial charge in [0.2, 0.25) is 0 Å². The van der Waals surface area contributed by atoms with Gasteiger partial charge in [-0.1, -0.05) is 44.8 Å². The highest BCUT2D eigenvalue weighted by Gasteiger charge is 2.40. The Kier molecular flexibility index (Phi) is 11.5. The van der Waals surface area contributed by atoms with E-state index in [4.69, 9.17) is 9.47 Å². The van der Waals surface area contributed by atoms with E-state index in [2.05, 4.69) is 19.1 Å². The van der Waals surface area contributed by atoms with E-state index in [0.29, 0.717) is 6.61 Å². The Bertz CT molecular complexity index is 308. The molecule has 0 aromatic rings. The Balaban J connectivity index is 2.00. The molecule has 0 radical (unpaired) electrons. The van der Waals surface area contributed by atoms with E-state index in [0.717, 1.165) is 19.3 Å². The number of hydrogen-bond donors (Lipinski definition) is 3. The highest BCUT2D eigenvalue weighted by molar-refractivity contribution is 4.88. The lowest BCUT2D eigenvalue weighted by molar-refractivity contribution is -0.101. The van der Waals surface area contributed by atoms with Crippen molar-refractivity contribution in [3.63, 3.8) is 0 Å². The Morgan fingerprint density at radius 2 is 1.78 bits per heavy atom. The largest absolute Gasteiger partial charge is 0.394 e. The summed E-state index contributed by atoms with van der Waals surface area (Å²) < 4.78 is 10.9. The molecule has 1 heterocycles. The van der Waals surface area contributed by atoms with E-state index in [9.17, 15) is 15.3 Å². The van der Waals surface area contributed by atoms with Crippen LogP contribution in [0.15, 0.2) is 12.2 Å². The van der Waals surface area contributed by atoms with E-state index >= 15 is 0 Å². The minimum Gasteiger partial charge on any atom is -0.394 e. The van der Waals surface area contributed by atoms with Crippen molar-refractivity contribution in [1.29, 1.82) is 0 Å². The maximum atomic E-state index is 9.76. The summed E-state index contributed by atoms with van der Waals surface area (Å²) in [6, 6.07) is 0. The molecule has 1 aliphatic heterocycles. The second kappa shape index (κ2) is 12.9. The van der Waals surface area contributed by atoms with Crippen LogP contribution in [0.3, 0.4) is 0 Å². The summed E-state index contributed by atoms with van der Waals surface area (Å²) in [6.45, 7) is 2.63. The van der Waals surface area contributed by atoms with Crippen molar-refractivity contribution in [3.05, 3.63) is 12.2 Å². The maximum absolute atomic E-state index is 9.76. The van der Waals surface area contributed by atoms with Crippen LogP contribution in [0.1, 0.15) is 58.3 Å². The van der Waals surface area contributed by atoms with Gasteiger partial charge in [-0.2, -0.15) is 0 Å². The lowest BCUT2D eigenvalue weighted by Crippen LogP contribution is -2.42. The van der Waals surface area contributed by atoms with E-state index in [-0.39, 0.29) is 13.2 Å². The lowest BCUT2D eigenvalue weighted by Gasteiger charge is -2.24. The Labute approximate surface area is 140 Å². The van der Waals surface area contributed by atoms with Crippen molar-refractivity contribution < 1.29 is 24.8 Å². The fourth-order valence-electron chi connectivity index (χ4n) is 2.71. The van der Waals surface area contributed by atoms with Crippen molar-refractivity contribution in [2.24, 2.45) is 0 Å².